The first-order valence-electron chi connectivity index (χ1n) is 11.7. The van der Waals surface area contributed by atoms with Crippen molar-refractivity contribution in [2.24, 2.45) is 0 Å². The predicted molar refractivity (Wildman–Crippen MR) is 131 cm³/mol. The Labute approximate surface area is 194 Å². The number of ether oxygens (including phenoxy) is 1. The van der Waals surface area contributed by atoms with Crippen LogP contribution in [0.5, 0.6) is 5.75 Å². The topological polar surface area (TPSA) is 22.1 Å². The molecule has 0 aliphatic heterocycles. The van der Waals surface area contributed by atoms with Crippen molar-refractivity contribution in [1.29, 1.82) is 0 Å². The summed E-state index contributed by atoms with van der Waals surface area (Å²) in [6.45, 7) is 2.90. The van der Waals surface area contributed by atoms with E-state index in [-0.39, 0.29) is 11.6 Å². The van der Waals surface area contributed by atoms with Crippen LogP contribution in [-0.4, -0.2) is 11.6 Å². The van der Waals surface area contributed by atoms with Crippen molar-refractivity contribution < 1.29 is 13.5 Å². The van der Waals surface area contributed by atoms with E-state index < -0.39 is 0 Å². The Morgan fingerprint density at radius 1 is 0.818 bits per heavy atom. The van der Waals surface area contributed by atoms with Crippen LogP contribution in [0, 0.1) is 11.6 Å². The molecule has 4 heteroatoms. The number of fused-ring (bicyclic) bond motifs is 1. The van der Waals surface area contributed by atoms with Crippen molar-refractivity contribution in [3.05, 3.63) is 95.7 Å². The fourth-order valence-corrected chi connectivity index (χ4v) is 3.97. The van der Waals surface area contributed by atoms with E-state index >= 15 is 4.39 Å². The average molecular weight is 446 g/mol. The molecule has 0 radical (unpaired) electrons. The summed E-state index contributed by atoms with van der Waals surface area (Å²) in [6.07, 6.45) is 7.66. The van der Waals surface area contributed by atoms with Crippen molar-refractivity contribution >= 4 is 10.8 Å². The van der Waals surface area contributed by atoms with Gasteiger partial charge in [0.05, 0.1) is 18.5 Å². The first-order valence-corrected chi connectivity index (χ1v) is 11.7. The van der Waals surface area contributed by atoms with Crippen LogP contribution >= 0.6 is 0 Å². The number of halogens is 2. The van der Waals surface area contributed by atoms with Gasteiger partial charge >= 0.3 is 0 Å². The van der Waals surface area contributed by atoms with Gasteiger partial charge < -0.3 is 4.74 Å². The Morgan fingerprint density at radius 3 is 2.42 bits per heavy atom. The first kappa shape index (κ1) is 22.9. The smallest absolute Gasteiger partial charge is 0.137 e. The van der Waals surface area contributed by atoms with Gasteiger partial charge in [-0.05, 0) is 66.1 Å². The molecule has 0 spiro atoms. The molecule has 0 saturated heterocycles. The van der Waals surface area contributed by atoms with Gasteiger partial charge in [-0.1, -0.05) is 62.6 Å². The largest absolute Gasteiger partial charge is 0.492 e. The summed E-state index contributed by atoms with van der Waals surface area (Å²) in [5.74, 6) is 0.319. The molecular weight excluding hydrogens is 416 g/mol. The Bertz CT molecular complexity index is 1190. The van der Waals surface area contributed by atoms with Crippen LogP contribution in [0.1, 0.15) is 43.7 Å². The maximum Gasteiger partial charge on any atom is 0.137 e. The van der Waals surface area contributed by atoms with Gasteiger partial charge in [-0.3, -0.25) is 4.98 Å². The van der Waals surface area contributed by atoms with Gasteiger partial charge in [-0.25, -0.2) is 8.78 Å². The van der Waals surface area contributed by atoms with E-state index in [2.05, 4.69) is 11.9 Å². The number of benzene rings is 3. The van der Waals surface area contributed by atoms with Gasteiger partial charge in [-0.2, -0.15) is 0 Å². The quantitative estimate of drug-likeness (QED) is 0.231. The standard InChI is InChI=1S/C29H29F2NO/c1-2-3-4-5-18-33-26-15-17-28(32-20-26)24-12-16-27-23(19-24)11-10-22(29(27)31)9-6-21-7-13-25(30)14-8-21/h7-8,10-17,19-20H,2-6,9,18H2,1H3. The molecule has 0 N–H and O–H groups in total. The number of hydrogen-bond donors (Lipinski definition) is 0. The molecular formula is C29H29F2NO. The van der Waals surface area contributed by atoms with Crippen molar-refractivity contribution in [3.63, 3.8) is 0 Å². The molecule has 0 fully saturated rings. The van der Waals surface area contributed by atoms with Gasteiger partial charge in [0.1, 0.15) is 17.4 Å². The van der Waals surface area contributed by atoms with E-state index in [4.69, 9.17) is 4.74 Å². The molecule has 0 aliphatic rings. The molecule has 4 rings (SSSR count). The van der Waals surface area contributed by atoms with E-state index in [0.29, 0.717) is 30.4 Å². The third kappa shape index (κ3) is 5.95. The van der Waals surface area contributed by atoms with Crippen molar-refractivity contribution in [2.75, 3.05) is 6.61 Å². The first-order chi connectivity index (χ1) is 16.1. The minimum Gasteiger partial charge on any atom is -0.492 e. The second-order valence-electron chi connectivity index (χ2n) is 8.39. The Morgan fingerprint density at radius 2 is 1.67 bits per heavy atom. The molecule has 3 aromatic carbocycles. The summed E-state index contributed by atoms with van der Waals surface area (Å²) in [7, 11) is 0. The van der Waals surface area contributed by atoms with Crippen molar-refractivity contribution in [3.8, 4) is 17.0 Å². The second kappa shape index (κ2) is 11.0. The number of rotatable bonds is 10. The van der Waals surface area contributed by atoms with Gasteiger partial charge in [0.25, 0.3) is 0 Å². The summed E-state index contributed by atoms with van der Waals surface area (Å²) in [4.78, 5) is 4.53. The van der Waals surface area contributed by atoms with Crippen molar-refractivity contribution in [1.82, 2.24) is 4.98 Å². The summed E-state index contributed by atoms with van der Waals surface area (Å²) in [5, 5.41) is 1.44. The lowest BCUT2D eigenvalue weighted by Gasteiger charge is -2.10. The molecule has 0 amide bonds. The molecule has 0 bridgehead atoms. The van der Waals surface area contributed by atoms with Crippen LogP contribution < -0.4 is 4.74 Å². The summed E-state index contributed by atoms with van der Waals surface area (Å²) in [6, 6.07) is 19.7. The molecule has 2 nitrogen and oxygen atoms in total. The number of aryl methyl sites for hydroxylation is 2. The van der Waals surface area contributed by atoms with Crippen LogP contribution in [0.2, 0.25) is 0 Å². The highest BCUT2D eigenvalue weighted by molar-refractivity contribution is 5.88. The predicted octanol–water partition coefficient (Wildman–Crippen LogP) is 7.92. The number of unbranched alkanes of at least 4 members (excludes halogenated alkanes) is 3. The van der Waals surface area contributed by atoms with E-state index in [1.165, 1.54) is 31.4 Å². The highest BCUT2D eigenvalue weighted by Crippen LogP contribution is 2.28. The van der Waals surface area contributed by atoms with E-state index in [1.807, 2.05) is 42.5 Å². The fourth-order valence-electron chi connectivity index (χ4n) is 3.97. The second-order valence-corrected chi connectivity index (χ2v) is 8.39. The highest BCUT2D eigenvalue weighted by atomic mass is 19.1. The molecule has 0 unspecified atom stereocenters. The lowest BCUT2D eigenvalue weighted by Crippen LogP contribution is -1.98. The molecule has 0 atom stereocenters. The number of hydrogen-bond acceptors (Lipinski definition) is 2. The van der Waals surface area contributed by atoms with Crippen LogP contribution in [-0.2, 0) is 12.8 Å². The molecule has 1 heterocycles. The monoisotopic (exact) mass is 445 g/mol. The highest BCUT2D eigenvalue weighted by Gasteiger charge is 2.10. The zero-order valence-corrected chi connectivity index (χ0v) is 19.0. The van der Waals surface area contributed by atoms with E-state index in [1.54, 1.807) is 18.3 Å². The average Bonchev–Trinajstić information content (AvgIpc) is 2.85. The van der Waals surface area contributed by atoms with Crippen LogP contribution in [0.15, 0.2) is 72.9 Å². The number of aromatic nitrogens is 1. The third-order valence-electron chi connectivity index (χ3n) is 5.93. The molecule has 0 saturated carbocycles. The third-order valence-corrected chi connectivity index (χ3v) is 5.93. The van der Waals surface area contributed by atoms with E-state index in [0.717, 1.165) is 34.4 Å². The summed E-state index contributed by atoms with van der Waals surface area (Å²) in [5.41, 5.74) is 3.43. The van der Waals surface area contributed by atoms with Gasteiger partial charge in [0.15, 0.2) is 0 Å². The van der Waals surface area contributed by atoms with Gasteiger partial charge in [-0.15, -0.1) is 0 Å². The van der Waals surface area contributed by atoms with Gasteiger partial charge in [0, 0.05) is 10.9 Å². The molecule has 170 valence electrons. The zero-order valence-electron chi connectivity index (χ0n) is 19.0. The molecule has 4 aromatic rings. The SMILES string of the molecule is CCCCCCOc1ccc(-c2ccc3c(F)c(CCc4ccc(F)cc4)ccc3c2)nc1. The Balaban J connectivity index is 1.43. The Kier molecular flexibility index (Phi) is 7.66. The van der Waals surface area contributed by atoms with Gasteiger partial charge in [0.2, 0.25) is 0 Å². The minimum absolute atomic E-state index is 0.194. The fraction of sp³-hybridized carbons (Fsp3) is 0.276. The minimum atomic E-state index is -0.259. The lowest BCUT2D eigenvalue weighted by atomic mass is 9.98. The number of nitrogens with zero attached hydrogens (tertiary/aromatic N) is 1. The maximum absolute atomic E-state index is 15.1. The summed E-state index contributed by atoms with van der Waals surface area (Å²) >= 11 is 0. The van der Waals surface area contributed by atoms with Crippen LogP contribution in [0.4, 0.5) is 8.78 Å². The molecule has 0 aliphatic carbocycles. The van der Waals surface area contributed by atoms with Crippen LogP contribution in [0.25, 0.3) is 22.0 Å². The van der Waals surface area contributed by atoms with Crippen molar-refractivity contribution in [2.45, 2.75) is 45.4 Å². The summed E-state index contributed by atoms with van der Waals surface area (Å²) < 4.78 is 34.0. The van der Waals surface area contributed by atoms with E-state index in [9.17, 15) is 4.39 Å². The normalized spacial score (nSPS) is 11.1. The molecule has 1 aromatic heterocycles. The van der Waals surface area contributed by atoms with Crippen LogP contribution in [0.3, 0.4) is 0 Å². The Hall–Kier alpha value is -3.27. The number of pyridine rings is 1. The molecule has 33 heavy (non-hydrogen) atoms. The zero-order chi connectivity index (χ0) is 23.0. The lowest BCUT2D eigenvalue weighted by molar-refractivity contribution is 0.304. The maximum atomic E-state index is 15.1.